The Morgan fingerprint density at radius 1 is 1.44 bits per heavy atom. The van der Waals surface area contributed by atoms with Gasteiger partial charge in [-0.25, -0.2) is 0 Å². The third-order valence-corrected chi connectivity index (χ3v) is 3.66. The van der Waals surface area contributed by atoms with Gasteiger partial charge in [0.05, 0.1) is 13.7 Å². The molecule has 2 heterocycles. The van der Waals surface area contributed by atoms with Gasteiger partial charge in [-0.3, -0.25) is 0 Å². The van der Waals surface area contributed by atoms with E-state index in [0.717, 1.165) is 12.4 Å². The molecule has 0 saturated heterocycles. The molecule has 0 unspecified atom stereocenters. The molecule has 0 spiro atoms. The van der Waals surface area contributed by atoms with Crippen molar-refractivity contribution in [2.24, 2.45) is 0 Å². The number of ether oxygens (including phenoxy) is 1. The summed E-state index contributed by atoms with van der Waals surface area (Å²) in [4.78, 5) is 11.5. The third-order valence-electron chi connectivity index (χ3n) is 2.66. The van der Waals surface area contributed by atoms with Crippen molar-refractivity contribution in [3.8, 4) is 5.88 Å². The Morgan fingerprint density at radius 3 is 2.83 bits per heavy atom. The lowest BCUT2D eigenvalue weighted by Gasteiger charge is -2.18. The third kappa shape index (κ3) is 2.70. The van der Waals surface area contributed by atoms with Crippen LogP contribution in [-0.2, 0) is 6.54 Å². The van der Waals surface area contributed by atoms with Crippen molar-refractivity contribution in [3.63, 3.8) is 0 Å². The van der Waals surface area contributed by atoms with Crippen molar-refractivity contribution >= 4 is 23.1 Å². The van der Waals surface area contributed by atoms with Crippen LogP contribution in [0.2, 0.25) is 0 Å². The number of nitrogen functional groups attached to an aromatic ring is 1. The van der Waals surface area contributed by atoms with Gasteiger partial charge in [0.1, 0.15) is 5.82 Å². The molecule has 5 nitrogen and oxygen atoms in total. The van der Waals surface area contributed by atoms with Crippen LogP contribution < -0.4 is 15.4 Å². The lowest BCUT2D eigenvalue weighted by Crippen LogP contribution is -2.18. The minimum absolute atomic E-state index is 0.221. The SMILES string of the molecule is COc1cc(N(C)Cc2sccc2C)nc(N)n1. The first-order chi connectivity index (χ1) is 8.60. The molecule has 0 bridgehead atoms. The fourth-order valence-electron chi connectivity index (χ4n) is 1.59. The highest BCUT2D eigenvalue weighted by atomic mass is 32.1. The van der Waals surface area contributed by atoms with Crippen LogP contribution in [0, 0.1) is 6.92 Å². The second-order valence-corrected chi connectivity index (χ2v) is 5.01. The van der Waals surface area contributed by atoms with Gasteiger partial charge in [-0.15, -0.1) is 11.3 Å². The molecule has 6 heteroatoms. The van der Waals surface area contributed by atoms with Crippen molar-refractivity contribution in [2.75, 3.05) is 24.8 Å². The average Bonchev–Trinajstić information content (AvgIpc) is 2.74. The highest BCUT2D eigenvalue weighted by Gasteiger charge is 2.09. The van der Waals surface area contributed by atoms with Crippen LogP contribution in [0.15, 0.2) is 17.5 Å². The van der Waals surface area contributed by atoms with E-state index in [4.69, 9.17) is 10.5 Å². The summed E-state index contributed by atoms with van der Waals surface area (Å²) in [5.74, 6) is 1.46. The minimum atomic E-state index is 0.221. The van der Waals surface area contributed by atoms with E-state index in [1.54, 1.807) is 24.5 Å². The number of nitrogens with two attached hydrogens (primary N) is 1. The zero-order valence-electron chi connectivity index (χ0n) is 10.7. The Kier molecular flexibility index (Phi) is 3.66. The number of hydrogen-bond acceptors (Lipinski definition) is 6. The van der Waals surface area contributed by atoms with Crippen molar-refractivity contribution in [2.45, 2.75) is 13.5 Å². The zero-order valence-corrected chi connectivity index (χ0v) is 11.5. The molecule has 2 aromatic rings. The normalized spacial score (nSPS) is 10.4. The molecule has 0 fully saturated rings. The number of thiophene rings is 1. The van der Waals surface area contributed by atoms with Gasteiger partial charge >= 0.3 is 0 Å². The van der Waals surface area contributed by atoms with Gasteiger partial charge in [-0.05, 0) is 23.9 Å². The standard InChI is InChI=1S/C12H16N4OS/c1-8-4-5-18-9(8)7-16(2)10-6-11(17-3)15-12(13)14-10/h4-6H,7H2,1-3H3,(H2,13,14,15). The quantitative estimate of drug-likeness (QED) is 0.916. The molecule has 2 aromatic heterocycles. The predicted molar refractivity (Wildman–Crippen MR) is 74.2 cm³/mol. The summed E-state index contributed by atoms with van der Waals surface area (Å²) >= 11 is 1.74. The van der Waals surface area contributed by atoms with E-state index in [9.17, 15) is 0 Å². The van der Waals surface area contributed by atoms with Crippen LogP contribution in [0.1, 0.15) is 10.4 Å². The van der Waals surface area contributed by atoms with E-state index in [2.05, 4.69) is 28.3 Å². The van der Waals surface area contributed by atoms with Gasteiger partial charge in [-0.1, -0.05) is 0 Å². The van der Waals surface area contributed by atoms with Crippen LogP contribution in [0.4, 0.5) is 11.8 Å². The molecule has 2 rings (SSSR count). The van der Waals surface area contributed by atoms with E-state index >= 15 is 0 Å². The first-order valence-corrected chi connectivity index (χ1v) is 6.40. The van der Waals surface area contributed by atoms with Crippen LogP contribution in [0.3, 0.4) is 0 Å². The maximum atomic E-state index is 5.65. The largest absolute Gasteiger partial charge is 0.481 e. The summed E-state index contributed by atoms with van der Waals surface area (Å²) in [6.07, 6.45) is 0. The van der Waals surface area contributed by atoms with Gasteiger partial charge < -0.3 is 15.4 Å². The Bertz CT molecular complexity index is 541. The maximum Gasteiger partial charge on any atom is 0.225 e. The van der Waals surface area contributed by atoms with Gasteiger partial charge in [0.15, 0.2) is 0 Å². The van der Waals surface area contributed by atoms with Crippen LogP contribution in [0.25, 0.3) is 0 Å². The van der Waals surface area contributed by atoms with Crippen molar-refractivity contribution < 1.29 is 4.74 Å². The average molecular weight is 264 g/mol. The van der Waals surface area contributed by atoms with Gasteiger partial charge in [0.25, 0.3) is 0 Å². The summed E-state index contributed by atoms with van der Waals surface area (Å²) in [5.41, 5.74) is 6.94. The smallest absolute Gasteiger partial charge is 0.225 e. The molecule has 0 aliphatic rings. The van der Waals surface area contributed by atoms with Crippen molar-refractivity contribution in [3.05, 3.63) is 28.0 Å². The Labute approximate surface area is 110 Å². The lowest BCUT2D eigenvalue weighted by atomic mass is 10.3. The maximum absolute atomic E-state index is 5.65. The van der Waals surface area contributed by atoms with E-state index in [1.165, 1.54) is 10.4 Å². The van der Waals surface area contributed by atoms with Crippen molar-refractivity contribution in [1.82, 2.24) is 9.97 Å². The first kappa shape index (κ1) is 12.6. The zero-order chi connectivity index (χ0) is 13.1. The number of aromatic nitrogens is 2. The Balaban J connectivity index is 2.20. The number of nitrogens with zero attached hydrogens (tertiary/aromatic N) is 3. The van der Waals surface area contributed by atoms with Gasteiger partial charge in [0, 0.05) is 18.0 Å². The summed E-state index contributed by atoms with van der Waals surface area (Å²) < 4.78 is 5.09. The fraction of sp³-hybridized carbons (Fsp3) is 0.333. The van der Waals surface area contributed by atoms with Crippen LogP contribution in [-0.4, -0.2) is 24.1 Å². The molecule has 0 radical (unpaired) electrons. The molecule has 0 aromatic carbocycles. The first-order valence-electron chi connectivity index (χ1n) is 5.53. The van der Waals surface area contributed by atoms with Gasteiger partial charge in [0.2, 0.25) is 11.8 Å². The molecular formula is C12H16N4OS. The molecular weight excluding hydrogens is 248 g/mol. The molecule has 0 aliphatic carbocycles. The number of aryl methyl sites for hydroxylation is 1. The minimum Gasteiger partial charge on any atom is -0.481 e. The summed E-state index contributed by atoms with van der Waals surface area (Å²) in [7, 11) is 3.54. The van der Waals surface area contributed by atoms with E-state index in [0.29, 0.717) is 5.88 Å². The summed E-state index contributed by atoms with van der Waals surface area (Å²) in [5, 5.41) is 2.09. The van der Waals surface area contributed by atoms with Crippen LogP contribution >= 0.6 is 11.3 Å². The number of anilines is 2. The lowest BCUT2D eigenvalue weighted by molar-refractivity contribution is 0.397. The van der Waals surface area contributed by atoms with E-state index < -0.39 is 0 Å². The van der Waals surface area contributed by atoms with E-state index in [-0.39, 0.29) is 5.95 Å². The molecule has 0 saturated carbocycles. The molecule has 0 aliphatic heterocycles. The van der Waals surface area contributed by atoms with E-state index in [1.807, 2.05) is 11.9 Å². The van der Waals surface area contributed by atoms with Gasteiger partial charge in [-0.2, -0.15) is 9.97 Å². The van der Waals surface area contributed by atoms with Crippen LogP contribution in [0.5, 0.6) is 5.88 Å². The Hall–Kier alpha value is -1.82. The number of hydrogen-bond donors (Lipinski definition) is 1. The topological polar surface area (TPSA) is 64.3 Å². The second-order valence-electron chi connectivity index (χ2n) is 4.01. The molecule has 0 atom stereocenters. The predicted octanol–water partition coefficient (Wildman–Crippen LogP) is 2.07. The fourth-order valence-corrected chi connectivity index (χ4v) is 2.55. The molecule has 96 valence electrons. The number of methoxy groups -OCH3 is 1. The highest BCUT2D eigenvalue weighted by Crippen LogP contribution is 2.22. The summed E-state index contributed by atoms with van der Waals surface area (Å²) in [6, 6.07) is 3.89. The molecule has 2 N–H and O–H groups in total. The molecule has 0 amide bonds. The second kappa shape index (κ2) is 5.22. The molecule has 18 heavy (non-hydrogen) atoms. The highest BCUT2D eigenvalue weighted by molar-refractivity contribution is 7.10. The Morgan fingerprint density at radius 2 is 2.22 bits per heavy atom. The summed E-state index contributed by atoms with van der Waals surface area (Å²) in [6.45, 7) is 2.90. The van der Waals surface area contributed by atoms with Crippen molar-refractivity contribution in [1.29, 1.82) is 0 Å². The monoisotopic (exact) mass is 264 g/mol. The number of rotatable bonds is 4.